The van der Waals surface area contributed by atoms with E-state index < -0.39 is 33.3 Å². The zero-order valence-corrected chi connectivity index (χ0v) is 22.7. The van der Waals surface area contributed by atoms with E-state index in [1.54, 1.807) is 4.31 Å². The minimum absolute atomic E-state index is 0.00113. The molecule has 1 unspecified atom stereocenters. The van der Waals surface area contributed by atoms with Crippen LogP contribution in [0.1, 0.15) is 42.7 Å². The lowest BCUT2D eigenvalue weighted by Gasteiger charge is -2.34. The van der Waals surface area contributed by atoms with E-state index in [0.717, 1.165) is 62.7 Å². The van der Waals surface area contributed by atoms with E-state index in [0.29, 0.717) is 37.5 Å². The van der Waals surface area contributed by atoms with Crippen LogP contribution in [0.25, 0.3) is 0 Å². The molecule has 0 spiro atoms. The number of aromatic nitrogens is 1. The van der Waals surface area contributed by atoms with E-state index in [-0.39, 0.29) is 22.5 Å². The Balaban J connectivity index is 1.25. The number of piperazine rings is 1. The first-order valence-electron chi connectivity index (χ1n) is 12.7. The van der Waals surface area contributed by atoms with Crippen LogP contribution in [0, 0.1) is 11.6 Å². The minimum atomic E-state index is -3.32. The summed E-state index contributed by atoms with van der Waals surface area (Å²) in [4.78, 5) is 9.11. The molecule has 0 aliphatic carbocycles. The number of benzene rings is 1. The molecule has 1 aromatic carbocycles. The number of nitrogens with one attached hydrogen (secondary N) is 1. The second kappa shape index (κ2) is 12.3. The van der Waals surface area contributed by atoms with Crippen molar-refractivity contribution in [3.05, 3.63) is 40.3 Å². The van der Waals surface area contributed by atoms with Crippen molar-refractivity contribution >= 4 is 32.3 Å². The molecule has 1 atom stereocenters. The van der Waals surface area contributed by atoms with Gasteiger partial charge >= 0.3 is 0 Å². The number of likely N-dealkylation sites (N-methyl/N-ethyl adjacent to an activating group) is 1. The maximum Gasteiger partial charge on any atom is 0.214 e. The highest BCUT2D eigenvalue weighted by Gasteiger charge is 2.30. The molecule has 2 aliphatic rings. The SMILES string of the molecule is CCN1CCN(CCCS(=O)(=O)N2CCC(Nc3nc(N)c(C(O)c4c(F)cccc4F)s3)CC2)CC1. The lowest BCUT2D eigenvalue weighted by Crippen LogP contribution is -2.47. The molecule has 9 nitrogen and oxygen atoms in total. The molecule has 0 radical (unpaired) electrons. The Kier molecular flexibility index (Phi) is 9.35. The predicted octanol–water partition coefficient (Wildman–Crippen LogP) is 2.32. The zero-order valence-electron chi connectivity index (χ0n) is 21.1. The third-order valence-electron chi connectivity index (χ3n) is 7.17. The molecule has 0 bridgehead atoms. The summed E-state index contributed by atoms with van der Waals surface area (Å²) in [5.74, 6) is -1.57. The van der Waals surface area contributed by atoms with Crippen LogP contribution in [-0.2, 0) is 10.0 Å². The molecule has 37 heavy (non-hydrogen) atoms. The molecule has 1 aromatic heterocycles. The van der Waals surface area contributed by atoms with Crippen molar-refractivity contribution in [3.63, 3.8) is 0 Å². The number of sulfonamides is 1. The number of nitrogens with two attached hydrogens (primary N) is 1. The first-order valence-corrected chi connectivity index (χ1v) is 15.2. The summed E-state index contributed by atoms with van der Waals surface area (Å²) >= 11 is 1.04. The van der Waals surface area contributed by atoms with Gasteiger partial charge in [0, 0.05) is 45.3 Å². The Bertz CT molecular complexity index is 1130. The molecule has 0 saturated carbocycles. The highest BCUT2D eigenvalue weighted by molar-refractivity contribution is 7.89. The molecule has 2 aliphatic heterocycles. The highest BCUT2D eigenvalue weighted by atomic mass is 32.2. The zero-order chi connectivity index (χ0) is 26.6. The summed E-state index contributed by atoms with van der Waals surface area (Å²) in [5.41, 5.74) is 5.47. The molecule has 2 aromatic rings. The van der Waals surface area contributed by atoms with Crippen LogP contribution in [0.15, 0.2) is 18.2 Å². The van der Waals surface area contributed by atoms with E-state index >= 15 is 0 Å². The van der Waals surface area contributed by atoms with Gasteiger partial charge < -0.3 is 26.0 Å². The smallest absolute Gasteiger partial charge is 0.214 e. The Morgan fingerprint density at radius 1 is 1.14 bits per heavy atom. The molecule has 4 rings (SSSR count). The maximum atomic E-state index is 14.1. The van der Waals surface area contributed by atoms with E-state index in [2.05, 4.69) is 27.0 Å². The predicted molar refractivity (Wildman–Crippen MR) is 142 cm³/mol. The molecule has 4 N–H and O–H groups in total. The Morgan fingerprint density at radius 3 is 2.38 bits per heavy atom. The third-order valence-corrected chi connectivity index (χ3v) is 10.2. The number of hydrogen-bond acceptors (Lipinski definition) is 9. The van der Waals surface area contributed by atoms with Crippen molar-refractivity contribution in [1.82, 2.24) is 19.1 Å². The number of piperidine rings is 1. The van der Waals surface area contributed by atoms with E-state index in [1.807, 2.05) is 0 Å². The maximum absolute atomic E-state index is 14.1. The van der Waals surface area contributed by atoms with Crippen molar-refractivity contribution < 1.29 is 22.3 Å². The van der Waals surface area contributed by atoms with Gasteiger partial charge in [-0.2, -0.15) is 0 Å². The van der Waals surface area contributed by atoms with E-state index in [1.165, 1.54) is 6.07 Å². The number of nitrogen functional groups attached to an aromatic ring is 1. The van der Waals surface area contributed by atoms with Crippen LogP contribution >= 0.6 is 11.3 Å². The third kappa shape index (κ3) is 6.95. The fourth-order valence-corrected chi connectivity index (χ4v) is 7.36. The van der Waals surface area contributed by atoms with Gasteiger partial charge in [0.25, 0.3) is 0 Å². The van der Waals surface area contributed by atoms with Crippen molar-refractivity contribution in [2.75, 3.05) is 69.2 Å². The van der Waals surface area contributed by atoms with Crippen LogP contribution in [0.4, 0.5) is 19.7 Å². The van der Waals surface area contributed by atoms with Gasteiger partial charge in [0.2, 0.25) is 10.0 Å². The fourth-order valence-electron chi connectivity index (χ4n) is 4.89. The normalized spacial score (nSPS) is 19.8. The number of aliphatic hydroxyl groups excluding tert-OH is 1. The Labute approximate surface area is 221 Å². The van der Waals surface area contributed by atoms with Crippen molar-refractivity contribution in [2.45, 2.75) is 38.3 Å². The van der Waals surface area contributed by atoms with Crippen LogP contribution in [-0.4, -0.2) is 96.8 Å². The number of aliphatic hydroxyl groups is 1. The van der Waals surface area contributed by atoms with E-state index in [9.17, 15) is 22.3 Å². The molecule has 3 heterocycles. The number of thiazole rings is 1. The lowest BCUT2D eigenvalue weighted by molar-refractivity contribution is 0.137. The van der Waals surface area contributed by atoms with Gasteiger partial charge in [-0.1, -0.05) is 24.3 Å². The molecule has 206 valence electrons. The van der Waals surface area contributed by atoms with Gasteiger partial charge in [-0.15, -0.1) is 0 Å². The lowest BCUT2D eigenvalue weighted by atomic mass is 10.1. The molecular formula is C24H36F2N6O3S2. The number of hydrogen-bond donors (Lipinski definition) is 3. The van der Waals surface area contributed by atoms with Gasteiger partial charge in [-0.3, -0.25) is 0 Å². The van der Waals surface area contributed by atoms with Gasteiger partial charge in [0.15, 0.2) is 5.13 Å². The number of nitrogens with zero attached hydrogens (tertiary/aromatic N) is 4. The quantitative estimate of drug-likeness (QED) is 0.407. The molecular weight excluding hydrogens is 522 g/mol. The average molecular weight is 559 g/mol. The first-order chi connectivity index (χ1) is 17.7. The van der Waals surface area contributed by atoms with Crippen LogP contribution in [0.3, 0.4) is 0 Å². The van der Waals surface area contributed by atoms with Crippen molar-refractivity contribution in [1.29, 1.82) is 0 Å². The summed E-state index contributed by atoms with van der Waals surface area (Å²) < 4.78 is 55.5. The summed E-state index contributed by atoms with van der Waals surface area (Å²) in [6.07, 6.45) is 0.241. The molecule has 2 fully saturated rings. The minimum Gasteiger partial charge on any atom is -0.383 e. The van der Waals surface area contributed by atoms with Crippen LogP contribution in [0.2, 0.25) is 0 Å². The van der Waals surface area contributed by atoms with Crippen LogP contribution in [0.5, 0.6) is 0 Å². The Morgan fingerprint density at radius 2 is 1.76 bits per heavy atom. The average Bonchev–Trinajstić information content (AvgIpc) is 3.24. The monoisotopic (exact) mass is 558 g/mol. The molecule has 13 heteroatoms. The van der Waals surface area contributed by atoms with Crippen molar-refractivity contribution in [3.8, 4) is 0 Å². The topological polar surface area (TPSA) is 115 Å². The summed E-state index contributed by atoms with van der Waals surface area (Å²) in [6, 6.07) is 3.35. The first kappa shape index (κ1) is 28.1. The van der Waals surface area contributed by atoms with Gasteiger partial charge in [0.05, 0.1) is 16.2 Å². The Hall–Kier alpha value is -1.90. The van der Waals surface area contributed by atoms with Crippen LogP contribution < -0.4 is 11.1 Å². The highest BCUT2D eigenvalue weighted by Crippen LogP contribution is 2.37. The number of halogens is 2. The molecule has 2 saturated heterocycles. The second-order valence-corrected chi connectivity index (χ2v) is 12.7. The van der Waals surface area contributed by atoms with Gasteiger partial charge in [-0.25, -0.2) is 26.5 Å². The fraction of sp³-hybridized carbons (Fsp3) is 0.625. The summed E-state index contributed by atoms with van der Waals surface area (Å²) in [5, 5.41) is 14.2. The standard InChI is InChI=1S/C24H36F2N6O3S2/c1-2-30-12-14-31(15-13-30)9-4-16-37(34,35)32-10-7-17(8-11-32)28-24-29-23(27)22(36-24)21(33)20-18(25)5-3-6-19(20)26/h3,5-6,17,21,33H,2,4,7-16,27H2,1H3,(H,28,29). The molecule has 0 amide bonds. The summed E-state index contributed by atoms with van der Waals surface area (Å²) in [6.45, 7) is 8.87. The van der Waals surface area contributed by atoms with Gasteiger partial charge in [-0.05, 0) is 44.5 Å². The summed E-state index contributed by atoms with van der Waals surface area (Å²) in [7, 11) is -3.32. The second-order valence-electron chi connectivity index (χ2n) is 9.57. The van der Waals surface area contributed by atoms with E-state index in [4.69, 9.17) is 5.73 Å². The van der Waals surface area contributed by atoms with Crippen molar-refractivity contribution in [2.24, 2.45) is 0 Å². The number of anilines is 2. The van der Waals surface area contributed by atoms with Gasteiger partial charge in [0.1, 0.15) is 23.6 Å². The number of rotatable bonds is 10. The largest absolute Gasteiger partial charge is 0.383 e.